The molecule has 2 aromatic heterocycles. The molecule has 1 aliphatic rings. The first kappa shape index (κ1) is 22.9. The minimum Gasteiger partial charge on any atom is -0.368 e. The molecule has 4 aromatic rings. The molecule has 1 saturated carbocycles. The summed E-state index contributed by atoms with van der Waals surface area (Å²) < 4.78 is 6.47. The van der Waals surface area contributed by atoms with Crippen molar-refractivity contribution in [3.8, 4) is 22.5 Å². The number of nitrogens with zero attached hydrogens (tertiary/aromatic N) is 4. The maximum atomic E-state index is 6.47. The Kier molecular flexibility index (Phi) is 7.41. The van der Waals surface area contributed by atoms with Gasteiger partial charge < -0.3 is 4.74 Å². The van der Waals surface area contributed by atoms with Crippen LogP contribution in [0.5, 0.6) is 0 Å². The molecule has 6 nitrogen and oxygen atoms in total. The number of H-pyrrole nitrogens is 1. The highest BCUT2D eigenvalue weighted by atomic mass is 32.1. The number of hydrogen-bond acceptors (Lipinski definition) is 6. The van der Waals surface area contributed by atoms with Crippen molar-refractivity contribution >= 4 is 11.3 Å². The van der Waals surface area contributed by atoms with Gasteiger partial charge in [0.25, 0.3) is 0 Å². The lowest BCUT2D eigenvalue weighted by Gasteiger charge is -2.24. The largest absolute Gasteiger partial charge is 0.368 e. The van der Waals surface area contributed by atoms with E-state index in [1.807, 2.05) is 23.8 Å². The number of aryl methyl sites for hydroxylation is 1. The third kappa shape index (κ3) is 5.59. The molecule has 34 heavy (non-hydrogen) atoms. The summed E-state index contributed by atoms with van der Waals surface area (Å²) in [7, 11) is 0. The second-order valence-electron chi connectivity index (χ2n) is 9.25. The summed E-state index contributed by atoms with van der Waals surface area (Å²) in [5.41, 5.74) is 7.70. The molecule has 1 unspecified atom stereocenters. The van der Waals surface area contributed by atoms with Crippen LogP contribution in [0.1, 0.15) is 67.1 Å². The fourth-order valence-corrected chi connectivity index (χ4v) is 5.68. The molecular formula is C27H31N5OS. The summed E-state index contributed by atoms with van der Waals surface area (Å²) in [4.78, 5) is 5.54. The Morgan fingerprint density at radius 1 is 1.06 bits per heavy atom. The first-order valence-electron chi connectivity index (χ1n) is 12.2. The minimum atomic E-state index is 0.132. The molecule has 5 rings (SSSR count). The molecule has 1 aliphatic carbocycles. The molecule has 0 amide bonds. The maximum absolute atomic E-state index is 6.47. The van der Waals surface area contributed by atoms with E-state index in [1.54, 1.807) is 11.3 Å². The zero-order valence-corrected chi connectivity index (χ0v) is 20.4. The number of benzene rings is 2. The number of nitrogens with one attached hydrogen (secondary N) is 1. The molecule has 176 valence electrons. The number of hydrogen-bond donors (Lipinski definition) is 1. The molecule has 0 aliphatic heterocycles. The molecule has 1 fully saturated rings. The van der Waals surface area contributed by atoms with Crippen LogP contribution in [0.2, 0.25) is 0 Å². The van der Waals surface area contributed by atoms with Crippen molar-refractivity contribution in [1.29, 1.82) is 0 Å². The summed E-state index contributed by atoms with van der Waals surface area (Å²) >= 11 is 1.70. The lowest BCUT2D eigenvalue weighted by atomic mass is 9.85. The van der Waals surface area contributed by atoms with Crippen molar-refractivity contribution in [2.75, 3.05) is 0 Å². The van der Waals surface area contributed by atoms with E-state index in [0.29, 0.717) is 12.4 Å². The maximum Gasteiger partial charge on any atom is 0.204 e. The smallest absolute Gasteiger partial charge is 0.204 e. The van der Waals surface area contributed by atoms with Gasteiger partial charge in [0.05, 0.1) is 23.1 Å². The van der Waals surface area contributed by atoms with E-state index >= 15 is 0 Å². The predicted molar refractivity (Wildman–Crippen MR) is 135 cm³/mol. The van der Waals surface area contributed by atoms with Gasteiger partial charge in [0.15, 0.2) is 0 Å². The van der Waals surface area contributed by atoms with Crippen LogP contribution < -0.4 is 0 Å². The van der Waals surface area contributed by atoms with E-state index in [-0.39, 0.29) is 6.10 Å². The first-order valence-corrected chi connectivity index (χ1v) is 13.1. The van der Waals surface area contributed by atoms with E-state index in [0.717, 1.165) is 17.9 Å². The molecule has 2 aromatic carbocycles. The average Bonchev–Trinajstić information content (AvgIpc) is 3.60. The first-order chi connectivity index (χ1) is 16.8. The van der Waals surface area contributed by atoms with Crippen molar-refractivity contribution in [2.45, 2.75) is 64.6 Å². The Bertz CT molecular complexity index is 1150. The Morgan fingerprint density at radius 3 is 2.59 bits per heavy atom. The number of aromatic amines is 1. The van der Waals surface area contributed by atoms with E-state index in [4.69, 9.17) is 4.74 Å². The topological polar surface area (TPSA) is 76.6 Å². The van der Waals surface area contributed by atoms with Crippen molar-refractivity contribution in [2.24, 2.45) is 5.92 Å². The number of thiazole rings is 1. The van der Waals surface area contributed by atoms with Gasteiger partial charge in [-0.2, -0.15) is 5.21 Å². The second kappa shape index (κ2) is 11.0. The number of ether oxygens (including phenoxy) is 1. The number of rotatable bonds is 9. The van der Waals surface area contributed by atoms with Gasteiger partial charge in [-0.05, 0) is 53.2 Å². The highest BCUT2D eigenvalue weighted by Crippen LogP contribution is 2.34. The van der Waals surface area contributed by atoms with Crippen LogP contribution in [-0.2, 0) is 11.3 Å². The van der Waals surface area contributed by atoms with E-state index in [9.17, 15) is 0 Å². The van der Waals surface area contributed by atoms with Crippen LogP contribution in [-0.4, -0.2) is 25.6 Å². The Hall–Kier alpha value is -2.90. The SMILES string of the molecule is Cc1cc(COC(CCC2CCCCC2)c2cncs2)ccc1-c1ccc(-c2nn[nH]n2)cc1. The van der Waals surface area contributed by atoms with Crippen LogP contribution in [0.4, 0.5) is 0 Å². The lowest BCUT2D eigenvalue weighted by molar-refractivity contribution is 0.0306. The second-order valence-corrected chi connectivity index (χ2v) is 10.2. The lowest BCUT2D eigenvalue weighted by Crippen LogP contribution is -2.10. The van der Waals surface area contributed by atoms with E-state index < -0.39 is 0 Å². The van der Waals surface area contributed by atoms with Crippen LogP contribution in [0, 0.1) is 12.8 Å². The fourth-order valence-electron chi connectivity index (χ4n) is 4.97. The standard InChI is InChI=1S/C27H31N5OS/c1-19-15-21(7-13-24(19)22-9-11-23(12-10-22)27-29-31-32-30-27)17-33-25(26-16-28-18-34-26)14-8-20-5-3-2-4-6-20/h7,9-13,15-16,18,20,25H,2-6,8,14,17H2,1H3,(H,29,30,31,32). The van der Waals surface area contributed by atoms with Gasteiger partial charge in [0, 0.05) is 11.8 Å². The van der Waals surface area contributed by atoms with Gasteiger partial charge in [-0.15, -0.1) is 21.5 Å². The molecule has 7 heteroatoms. The summed E-state index contributed by atoms with van der Waals surface area (Å²) in [6, 6.07) is 14.9. The van der Waals surface area contributed by atoms with E-state index in [1.165, 1.54) is 65.7 Å². The molecule has 0 spiro atoms. The number of aromatic nitrogens is 5. The van der Waals surface area contributed by atoms with Crippen LogP contribution in [0.25, 0.3) is 22.5 Å². The third-order valence-electron chi connectivity index (χ3n) is 6.87. The van der Waals surface area contributed by atoms with Crippen molar-refractivity contribution < 1.29 is 4.74 Å². The highest BCUT2D eigenvalue weighted by molar-refractivity contribution is 7.09. The summed E-state index contributed by atoms with van der Waals surface area (Å²) in [6.45, 7) is 2.78. The Labute approximate surface area is 204 Å². The Balaban J connectivity index is 1.23. The molecule has 1 N–H and O–H groups in total. The average molecular weight is 474 g/mol. The van der Waals surface area contributed by atoms with Crippen molar-refractivity contribution in [3.63, 3.8) is 0 Å². The van der Waals surface area contributed by atoms with Gasteiger partial charge in [-0.3, -0.25) is 4.98 Å². The molecule has 0 radical (unpaired) electrons. The molecular weight excluding hydrogens is 442 g/mol. The summed E-state index contributed by atoms with van der Waals surface area (Å²) in [5, 5.41) is 14.2. The van der Waals surface area contributed by atoms with Crippen LogP contribution >= 0.6 is 11.3 Å². The molecule has 0 bridgehead atoms. The van der Waals surface area contributed by atoms with Gasteiger partial charge >= 0.3 is 0 Å². The molecule has 0 saturated heterocycles. The molecule has 1 atom stereocenters. The van der Waals surface area contributed by atoms with Gasteiger partial charge in [-0.1, -0.05) is 74.6 Å². The van der Waals surface area contributed by atoms with Crippen LogP contribution in [0.15, 0.2) is 54.2 Å². The van der Waals surface area contributed by atoms with Crippen molar-refractivity contribution in [3.05, 3.63) is 70.2 Å². The highest BCUT2D eigenvalue weighted by Gasteiger charge is 2.19. The van der Waals surface area contributed by atoms with E-state index in [2.05, 4.69) is 62.9 Å². The summed E-state index contributed by atoms with van der Waals surface area (Å²) in [6.07, 6.45) is 11.4. The minimum absolute atomic E-state index is 0.132. The van der Waals surface area contributed by atoms with Gasteiger partial charge in [-0.25, -0.2) is 0 Å². The Morgan fingerprint density at radius 2 is 1.88 bits per heavy atom. The van der Waals surface area contributed by atoms with Gasteiger partial charge in [0.2, 0.25) is 5.82 Å². The zero-order valence-electron chi connectivity index (χ0n) is 19.6. The quantitative estimate of drug-likeness (QED) is 0.286. The van der Waals surface area contributed by atoms with Gasteiger partial charge in [0.1, 0.15) is 0 Å². The normalized spacial score (nSPS) is 15.4. The summed E-state index contributed by atoms with van der Waals surface area (Å²) in [5.74, 6) is 1.47. The van der Waals surface area contributed by atoms with Crippen molar-refractivity contribution in [1.82, 2.24) is 25.6 Å². The van der Waals surface area contributed by atoms with Crippen LogP contribution in [0.3, 0.4) is 0 Å². The third-order valence-corrected chi connectivity index (χ3v) is 7.74. The molecule has 2 heterocycles. The fraction of sp³-hybridized carbons (Fsp3) is 0.407. The number of tetrazole rings is 1. The monoisotopic (exact) mass is 473 g/mol. The zero-order chi connectivity index (χ0) is 23.2. The predicted octanol–water partition coefficient (Wildman–Crippen LogP) is 6.92.